The lowest BCUT2D eigenvalue weighted by Gasteiger charge is -2.33. The molecule has 3 rings (SSSR count). The molecule has 6 nitrogen and oxygen atoms in total. The summed E-state index contributed by atoms with van der Waals surface area (Å²) in [5.41, 5.74) is 0.400. The lowest BCUT2D eigenvalue weighted by atomic mass is 9.87. The minimum atomic E-state index is 0.400. The third-order valence-electron chi connectivity index (χ3n) is 6.31. The Bertz CT molecular complexity index is 441. The Hall–Kier alpha value is -0.850. The number of hydrogen-bond donors (Lipinski definition) is 1. The number of ether oxygens (including phenoxy) is 1. The van der Waals surface area contributed by atoms with Crippen molar-refractivity contribution >= 4 is 5.96 Å². The van der Waals surface area contributed by atoms with Crippen LogP contribution in [0.15, 0.2) is 4.99 Å². The first-order chi connectivity index (χ1) is 12.7. The zero-order chi connectivity index (χ0) is 18.2. The molecule has 3 saturated heterocycles. The average Bonchev–Trinajstić information content (AvgIpc) is 3.31. The van der Waals surface area contributed by atoms with E-state index in [9.17, 15) is 0 Å². The van der Waals surface area contributed by atoms with Crippen LogP contribution in [0.2, 0.25) is 0 Å². The van der Waals surface area contributed by atoms with E-state index in [4.69, 9.17) is 9.73 Å². The van der Waals surface area contributed by atoms with E-state index in [0.29, 0.717) is 5.41 Å². The molecule has 0 bridgehead atoms. The number of nitrogens with zero attached hydrogens (tertiary/aromatic N) is 4. The number of nitrogens with one attached hydrogen (secondary N) is 1. The van der Waals surface area contributed by atoms with Crippen molar-refractivity contribution in [3.8, 4) is 0 Å². The molecule has 26 heavy (non-hydrogen) atoms. The third kappa shape index (κ3) is 5.33. The summed E-state index contributed by atoms with van der Waals surface area (Å²) < 4.78 is 5.66. The van der Waals surface area contributed by atoms with E-state index in [2.05, 4.69) is 33.9 Å². The fourth-order valence-electron chi connectivity index (χ4n) is 4.47. The summed E-state index contributed by atoms with van der Waals surface area (Å²) in [6, 6.07) is 0. The van der Waals surface area contributed by atoms with Gasteiger partial charge in [-0.05, 0) is 45.7 Å². The van der Waals surface area contributed by atoms with Crippen molar-refractivity contribution in [1.82, 2.24) is 20.0 Å². The molecule has 0 amide bonds. The second-order valence-electron chi connectivity index (χ2n) is 8.19. The van der Waals surface area contributed by atoms with Gasteiger partial charge in [-0.15, -0.1) is 0 Å². The minimum Gasteiger partial charge on any atom is -0.381 e. The zero-order valence-electron chi connectivity index (χ0n) is 17.0. The topological polar surface area (TPSA) is 43.3 Å². The number of piperazine rings is 1. The lowest BCUT2D eigenvalue weighted by molar-refractivity contribution is 0.136. The van der Waals surface area contributed by atoms with Crippen LogP contribution in [0.25, 0.3) is 0 Å². The summed E-state index contributed by atoms with van der Waals surface area (Å²) in [7, 11) is 0. The molecule has 6 heteroatoms. The molecule has 1 N–H and O–H groups in total. The number of unbranched alkanes of at least 4 members (excludes halogenated alkanes) is 1. The molecule has 1 spiro atoms. The van der Waals surface area contributed by atoms with E-state index < -0.39 is 0 Å². The van der Waals surface area contributed by atoms with Gasteiger partial charge < -0.3 is 24.8 Å². The number of rotatable bonds is 7. The number of likely N-dealkylation sites (tertiary alicyclic amines) is 1. The Labute approximate surface area is 159 Å². The van der Waals surface area contributed by atoms with Crippen LogP contribution in [0.4, 0.5) is 0 Å². The predicted molar refractivity (Wildman–Crippen MR) is 108 cm³/mol. The largest absolute Gasteiger partial charge is 0.381 e. The summed E-state index contributed by atoms with van der Waals surface area (Å²) in [6.45, 7) is 17.8. The van der Waals surface area contributed by atoms with Gasteiger partial charge in [0.05, 0.1) is 6.61 Å². The quantitative estimate of drug-likeness (QED) is 0.421. The van der Waals surface area contributed by atoms with Gasteiger partial charge in [-0.25, -0.2) is 0 Å². The van der Waals surface area contributed by atoms with E-state index in [1.807, 2.05) is 0 Å². The standard InChI is InChI=1S/C20H39N5O/c1-3-21-19(25-11-7-20(17-25)8-16-26-18-20)22-9-5-6-10-24-14-12-23(4-2)13-15-24/h3-18H2,1-2H3,(H,21,22). The van der Waals surface area contributed by atoms with Crippen LogP contribution in [0.5, 0.6) is 0 Å². The van der Waals surface area contributed by atoms with Crippen LogP contribution >= 0.6 is 0 Å². The first-order valence-electron chi connectivity index (χ1n) is 10.8. The number of hydrogen-bond acceptors (Lipinski definition) is 4. The van der Waals surface area contributed by atoms with Gasteiger partial charge in [0, 0.05) is 64.4 Å². The summed E-state index contributed by atoms with van der Waals surface area (Å²) in [4.78, 5) is 12.5. The van der Waals surface area contributed by atoms with Crippen LogP contribution in [-0.2, 0) is 4.74 Å². The molecule has 0 aromatic heterocycles. The van der Waals surface area contributed by atoms with E-state index in [-0.39, 0.29) is 0 Å². The number of likely N-dealkylation sites (N-methyl/N-ethyl adjacent to an activating group) is 1. The van der Waals surface area contributed by atoms with Crippen molar-refractivity contribution < 1.29 is 4.74 Å². The monoisotopic (exact) mass is 365 g/mol. The molecule has 3 aliphatic heterocycles. The second-order valence-corrected chi connectivity index (χ2v) is 8.19. The maximum Gasteiger partial charge on any atom is 0.193 e. The molecular formula is C20H39N5O. The molecular weight excluding hydrogens is 326 g/mol. The van der Waals surface area contributed by atoms with Crippen LogP contribution < -0.4 is 5.32 Å². The van der Waals surface area contributed by atoms with Gasteiger partial charge >= 0.3 is 0 Å². The first kappa shape index (κ1) is 19.9. The molecule has 1 unspecified atom stereocenters. The van der Waals surface area contributed by atoms with E-state index in [1.54, 1.807) is 0 Å². The summed E-state index contributed by atoms with van der Waals surface area (Å²) >= 11 is 0. The van der Waals surface area contributed by atoms with Crippen molar-refractivity contribution in [2.24, 2.45) is 10.4 Å². The first-order valence-corrected chi connectivity index (χ1v) is 10.8. The van der Waals surface area contributed by atoms with Gasteiger partial charge in [-0.3, -0.25) is 4.99 Å². The molecule has 150 valence electrons. The molecule has 0 saturated carbocycles. The molecule has 3 heterocycles. The molecule has 3 aliphatic rings. The molecule has 0 radical (unpaired) electrons. The predicted octanol–water partition coefficient (Wildman–Crippen LogP) is 1.48. The maximum absolute atomic E-state index is 5.66. The highest BCUT2D eigenvalue weighted by molar-refractivity contribution is 5.80. The van der Waals surface area contributed by atoms with E-state index >= 15 is 0 Å². The van der Waals surface area contributed by atoms with Crippen molar-refractivity contribution in [3.05, 3.63) is 0 Å². The molecule has 1 atom stereocenters. The Balaban J connectivity index is 1.37. The van der Waals surface area contributed by atoms with Crippen molar-refractivity contribution in [3.63, 3.8) is 0 Å². The van der Waals surface area contributed by atoms with Gasteiger partial charge in [0.2, 0.25) is 0 Å². The van der Waals surface area contributed by atoms with E-state index in [1.165, 1.54) is 65.0 Å². The van der Waals surface area contributed by atoms with E-state index in [0.717, 1.165) is 45.4 Å². The highest BCUT2D eigenvalue weighted by Crippen LogP contribution is 2.38. The molecule has 0 aromatic carbocycles. The summed E-state index contributed by atoms with van der Waals surface area (Å²) in [6.07, 6.45) is 4.91. The fourth-order valence-corrected chi connectivity index (χ4v) is 4.47. The SMILES string of the molecule is CCNC(=NCCCCN1CCN(CC)CC1)N1CCC2(CCOC2)C1. The number of aliphatic imine (C=N–C) groups is 1. The van der Waals surface area contributed by atoms with Crippen molar-refractivity contribution in [2.45, 2.75) is 39.5 Å². The fraction of sp³-hybridized carbons (Fsp3) is 0.950. The second kappa shape index (κ2) is 9.90. The van der Waals surface area contributed by atoms with Crippen molar-refractivity contribution in [1.29, 1.82) is 0 Å². The van der Waals surface area contributed by atoms with Gasteiger partial charge in [0.15, 0.2) is 5.96 Å². The smallest absolute Gasteiger partial charge is 0.193 e. The lowest BCUT2D eigenvalue weighted by Crippen LogP contribution is -2.46. The summed E-state index contributed by atoms with van der Waals surface area (Å²) in [5.74, 6) is 1.12. The highest BCUT2D eigenvalue weighted by Gasteiger charge is 2.42. The Morgan fingerprint density at radius 2 is 1.85 bits per heavy atom. The highest BCUT2D eigenvalue weighted by atomic mass is 16.5. The summed E-state index contributed by atoms with van der Waals surface area (Å²) in [5, 5.41) is 3.50. The van der Waals surface area contributed by atoms with Crippen LogP contribution in [0, 0.1) is 5.41 Å². The average molecular weight is 366 g/mol. The zero-order valence-corrected chi connectivity index (χ0v) is 17.0. The Morgan fingerprint density at radius 1 is 1.04 bits per heavy atom. The Kier molecular flexibility index (Phi) is 7.58. The number of guanidine groups is 1. The van der Waals surface area contributed by atoms with Gasteiger partial charge in [0.1, 0.15) is 0 Å². The molecule has 0 aromatic rings. The maximum atomic E-state index is 5.66. The van der Waals surface area contributed by atoms with Crippen LogP contribution in [-0.4, -0.2) is 99.3 Å². The van der Waals surface area contributed by atoms with Gasteiger partial charge in [-0.2, -0.15) is 0 Å². The molecule has 0 aliphatic carbocycles. The van der Waals surface area contributed by atoms with Gasteiger partial charge in [-0.1, -0.05) is 6.92 Å². The van der Waals surface area contributed by atoms with Crippen LogP contribution in [0.3, 0.4) is 0 Å². The third-order valence-corrected chi connectivity index (χ3v) is 6.31. The normalized spacial score (nSPS) is 28.4. The molecule has 3 fully saturated rings. The minimum absolute atomic E-state index is 0.400. The van der Waals surface area contributed by atoms with Crippen molar-refractivity contribution in [2.75, 3.05) is 78.7 Å². The van der Waals surface area contributed by atoms with Gasteiger partial charge in [0.25, 0.3) is 0 Å². The van der Waals surface area contributed by atoms with Crippen LogP contribution in [0.1, 0.15) is 39.5 Å². The Morgan fingerprint density at radius 3 is 2.54 bits per heavy atom.